The molecule has 1 rings (SSSR count). The van der Waals surface area contributed by atoms with Gasteiger partial charge in [0.2, 0.25) is 0 Å². The second-order valence-electron chi connectivity index (χ2n) is 6.28. The highest BCUT2D eigenvalue weighted by Crippen LogP contribution is 2.29. The number of hydrogen-bond acceptors (Lipinski definition) is 4. The molecule has 0 radical (unpaired) electrons. The average Bonchev–Trinajstić information content (AvgIpc) is 2.42. The van der Waals surface area contributed by atoms with Crippen molar-refractivity contribution in [2.24, 2.45) is 5.92 Å². The summed E-state index contributed by atoms with van der Waals surface area (Å²) < 4.78 is 10.9. The Hall–Kier alpha value is -0.610. The highest BCUT2D eigenvalue weighted by molar-refractivity contribution is 5.80. The Morgan fingerprint density at radius 2 is 2.05 bits per heavy atom. The molecule has 21 heavy (non-hydrogen) atoms. The Kier molecular flexibility index (Phi) is 8.93. The van der Waals surface area contributed by atoms with Crippen LogP contribution >= 0.6 is 0 Å². The van der Waals surface area contributed by atoms with E-state index in [1.807, 2.05) is 13.8 Å². The minimum atomic E-state index is -0.580. The van der Waals surface area contributed by atoms with Gasteiger partial charge in [0.15, 0.2) is 0 Å². The standard InChI is InChI=1S/C17H33NO3/c1-4-12-18-17(3,16(19)21-5-2)11-7-13-20-14-10-15-8-6-9-15/h15,18H,4-14H2,1-3H3. The molecule has 1 fully saturated rings. The zero-order valence-corrected chi connectivity index (χ0v) is 14.1. The highest BCUT2D eigenvalue weighted by Gasteiger charge is 2.33. The first kappa shape index (κ1) is 18.4. The molecule has 0 heterocycles. The third-order valence-electron chi connectivity index (χ3n) is 4.35. The van der Waals surface area contributed by atoms with Gasteiger partial charge in [0, 0.05) is 13.2 Å². The fraction of sp³-hybridized carbons (Fsp3) is 0.941. The van der Waals surface area contributed by atoms with E-state index in [4.69, 9.17) is 9.47 Å². The zero-order valence-electron chi connectivity index (χ0n) is 14.1. The summed E-state index contributed by atoms with van der Waals surface area (Å²) >= 11 is 0. The summed E-state index contributed by atoms with van der Waals surface area (Å²) in [4.78, 5) is 12.1. The van der Waals surface area contributed by atoms with E-state index in [2.05, 4.69) is 12.2 Å². The Labute approximate surface area is 130 Å². The van der Waals surface area contributed by atoms with Gasteiger partial charge in [-0.2, -0.15) is 0 Å². The van der Waals surface area contributed by atoms with Crippen molar-refractivity contribution in [2.45, 2.75) is 71.3 Å². The molecule has 1 N–H and O–H groups in total. The molecule has 0 aromatic heterocycles. The summed E-state index contributed by atoms with van der Waals surface area (Å²) in [5.41, 5.74) is -0.580. The van der Waals surface area contributed by atoms with Gasteiger partial charge in [-0.15, -0.1) is 0 Å². The first-order valence-electron chi connectivity index (χ1n) is 8.62. The summed E-state index contributed by atoms with van der Waals surface area (Å²) in [5.74, 6) is 0.758. The zero-order chi connectivity index (χ0) is 15.6. The van der Waals surface area contributed by atoms with Crippen molar-refractivity contribution < 1.29 is 14.3 Å². The van der Waals surface area contributed by atoms with Crippen molar-refractivity contribution in [2.75, 3.05) is 26.4 Å². The summed E-state index contributed by atoms with van der Waals surface area (Å²) in [6.45, 7) is 8.75. The second-order valence-corrected chi connectivity index (χ2v) is 6.28. The lowest BCUT2D eigenvalue weighted by Crippen LogP contribution is -2.50. The van der Waals surface area contributed by atoms with Crippen molar-refractivity contribution in [3.63, 3.8) is 0 Å². The topological polar surface area (TPSA) is 47.6 Å². The van der Waals surface area contributed by atoms with Crippen molar-refractivity contribution in [3.05, 3.63) is 0 Å². The minimum absolute atomic E-state index is 0.145. The highest BCUT2D eigenvalue weighted by atomic mass is 16.5. The molecule has 0 saturated heterocycles. The number of ether oxygens (including phenoxy) is 2. The lowest BCUT2D eigenvalue weighted by molar-refractivity contribution is -0.151. The molecule has 1 aliphatic carbocycles. The summed E-state index contributed by atoms with van der Waals surface area (Å²) in [7, 11) is 0. The number of esters is 1. The smallest absolute Gasteiger partial charge is 0.326 e. The fourth-order valence-electron chi connectivity index (χ4n) is 2.62. The second kappa shape index (κ2) is 10.2. The Bertz CT molecular complexity index is 292. The van der Waals surface area contributed by atoms with E-state index < -0.39 is 5.54 Å². The fourth-order valence-corrected chi connectivity index (χ4v) is 2.62. The molecule has 1 atom stereocenters. The van der Waals surface area contributed by atoms with E-state index in [1.54, 1.807) is 0 Å². The van der Waals surface area contributed by atoms with Gasteiger partial charge >= 0.3 is 5.97 Å². The first-order valence-corrected chi connectivity index (χ1v) is 8.62. The molecule has 124 valence electrons. The van der Waals surface area contributed by atoms with Gasteiger partial charge in [0.1, 0.15) is 5.54 Å². The van der Waals surface area contributed by atoms with Crippen molar-refractivity contribution >= 4 is 5.97 Å². The summed E-state index contributed by atoms with van der Waals surface area (Å²) in [5, 5.41) is 3.33. The molecule has 1 aliphatic rings. The normalized spacial score (nSPS) is 18.0. The molecule has 4 nitrogen and oxygen atoms in total. The van der Waals surface area contributed by atoms with E-state index in [-0.39, 0.29) is 5.97 Å². The average molecular weight is 299 g/mol. The molecule has 0 amide bonds. The van der Waals surface area contributed by atoms with E-state index >= 15 is 0 Å². The maximum Gasteiger partial charge on any atom is 0.326 e. The van der Waals surface area contributed by atoms with Gasteiger partial charge in [-0.05, 0) is 52.0 Å². The van der Waals surface area contributed by atoms with Crippen LogP contribution in [0.1, 0.15) is 65.7 Å². The van der Waals surface area contributed by atoms with Crippen LogP contribution < -0.4 is 5.32 Å². The van der Waals surface area contributed by atoms with Gasteiger partial charge in [0.25, 0.3) is 0 Å². The SMILES string of the molecule is CCCNC(C)(CCCOCCC1CCC1)C(=O)OCC. The maximum absolute atomic E-state index is 12.1. The van der Waals surface area contributed by atoms with E-state index in [0.29, 0.717) is 6.61 Å². The van der Waals surface area contributed by atoms with Gasteiger partial charge in [-0.3, -0.25) is 4.79 Å². The summed E-state index contributed by atoms with van der Waals surface area (Å²) in [6, 6.07) is 0. The van der Waals surface area contributed by atoms with Crippen LogP contribution in [0.5, 0.6) is 0 Å². The number of carbonyl (C=O) groups is 1. The molecule has 1 unspecified atom stereocenters. The molecule has 4 heteroatoms. The van der Waals surface area contributed by atoms with E-state index in [9.17, 15) is 4.79 Å². The molecular formula is C17H33NO3. The molecular weight excluding hydrogens is 266 g/mol. The lowest BCUT2D eigenvalue weighted by atomic mass is 9.83. The van der Waals surface area contributed by atoms with Crippen LogP contribution in [-0.4, -0.2) is 37.9 Å². The predicted molar refractivity (Wildman–Crippen MR) is 85.3 cm³/mol. The van der Waals surface area contributed by atoms with E-state index in [1.165, 1.54) is 25.7 Å². The molecule has 0 spiro atoms. The molecule has 0 bridgehead atoms. The van der Waals surface area contributed by atoms with Crippen LogP contribution in [0.2, 0.25) is 0 Å². The van der Waals surface area contributed by atoms with Crippen molar-refractivity contribution in [1.82, 2.24) is 5.32 Å². The predicted octanol–water partition coefficient (Wildman–Crippen LogP) is 3.29. The van der Waals surface area contributed by atoms with Crippen LogP contribution in [-0.2, 0) is 14.3 Å². The van der Waals surface area contributed by atoms with Crippen molar-refractivity contribution in [3.8, 4) is 0 Å². The lowest BCUT2D eigenvalue weighted by Gasteiger charge is -2.28. The quantitative estimate of drug-likeness (QED) is 0.444. The van der Waals surface area contributed by atoms with Crippen LogP contribution in [0.25, 0.3) is 0 Å². The van der Waals surface area contributed by atoms with Crippen molar-refractivity contribution in [1.29, 1.82) is 0 Å². The first-order chi connectivity index (χ1) is 10.1. The minimum Gasteiger partial charge on any atom is -0.465 e. The number of nitrogens with one attached hydrogen (secondary N) is 1. The van der Waals surface area contributed by atoms with Gasteiger partial charge < -0.3 is 14.8 Å². The van der Waals surface area contributed by atoms with Crippen LogP contribution in [0.15, 0.2) is 0 Å². The molecule has 0 aromatic carbocycles. The molecule has 1 saturated carbocycles. The van der Waals surface area contributed by atoms with Gasteiger partial charge in [-0.25, -0.2) is 0 Å². The third-order valence-corrected chi connectivity index (χ3v) is 4.35. The Morgan fingerprint density at radius 1 is 1.29 bits per heavy atom. The number of rotatable bonds is 12. The monoisotopic (exact) mass is 299 g/mol. The van der Waals surface area contributed by atoms with Crippen LogP contribution in [0.4, 0.5) is 0 Å². The molecule has 0 aromatic rings. The largest absolute Gasteiger partial charge is 0.465 e. The maximum atomic E-state index is 12.1. The van der Waals surface area contributed by atoms with Gasteiger partial charge in [0.05, 0.1) is 6.61 Å². The van der Waals surface area contributed by atoms with E-state index in [0.717, 1.165) is 44.9 Å². The number of hydrogen-bond donors (Lipinski definition) is 1. The Balaban J connectivity index is 2.19. The Morgan fingerprint density at radius 3 is 2.62 bits per heavy atom. The van der Waals surface area contributed by atoms with Gasteiger partial charge in [-0.1, -0.05) is 26.2 Å². The van der Waals surface area contributed by atoms with Crippen LogP contribution in [0.3, 0.4) is 0 Å². The van der Waals surface area contributed by atoms with Crippen LogP contribution in [0, 0.1) is 5.92 Å². The summed E-state index contributed by atoms with van der Waals surface area (Å²) in [6.07, 6.45) is 8.00. The number of carbonyl (C=O) groups excluding carboxylic acids is 1. The molecule has 0 aliphatic heterocycles. The third kappa shape index (κ3) is 6.79.